The molecular formula is C29H35N3O5. The number of rotatable bonds is 4. The Hall–Kier alpha value is -3.68. The van der Waals surface area contributed by atoms with Gasteiger partial charge >= 0.3 is 6.09 Å². The molecule has 2 fully saturated rings. The van der Waals surface area contributed by atoms with E-state index in [4.69, 9.17) is 4.74 Å². The molecule has 2 amide bonds. The topological polar surface area (TPSA) is 100 Å². The molecule has 0 aliphatic carbocycles. The summed E-state index contributed by atoms with van der Waals surface area (Å²) in [7, 11) is 0. The number of carbonyl (C=O) groups is 3. The standard InChI is InChI=1S/C29H35N3O5/c1-6-37-28(36)31-15-11-21(12-16-31)32-24(19-9-13-30-14-10-19)23(26(34)27(32)35)25(33)22-17-20(29(3,4)5)8-7-18(22)2/h7-10,13-14,17,21,24,33H,6,11-12,15-16H2,1-5H3/b25-23+. The van der Waals surface area contributed by atoms with Gasteiger partial charge in [0.2, 0.25) is 0 Å². The fraction of sp³-hybridized carbons (Fsp3) is 0.448. The van der Waals surface area contributed by atoms with Gasteiger partial charge in [-0.2, -0.15) is 0 Å². The zero-order valence-electron chi connectivity index (χ0n) is 22.2. The van der Waals surface area contributed by atoms with E-state index >= 15 is 0 Å². The van der Waals surface area contributed by atoms with E-state index in [1.165, 1.54) is 0 Å². The maximum atomic E-state index is 13.5. The number of Topliss-reactive ketones (excluding diaryl/α,β-unsaturated/α-hetero) is 1. The third kappa shape index (κ3) is 5.10. The van der Waals surface area contributed by atoms with E-state index in [1.807, 2.05) is 25.1 Å². The summed E-state index contributed by atoms with van der Waals surface area (Å²) < 4.78 is 5.12. The van der Waals surface area contributed by atoms with Gasteiger partial charge in [0.05, 0.1) is 18.2 Å². The summed E-state index contributed by atoms with van der Waals surface area (Å²) in [5.74, 6) is -1.51. The third-order valence-electron chi connectivity index (χ3n) is 7.24. The molecule has 0 bridgehead atoms. The number of aliphatic hydroxyl groups is 1. The summed E-state index contributed by atoms with van der Waals surface area (Å²) in [6, 6.07) is 8.36. The molecule has 1 aromatic heterocycles. The Bertz CT molecular complexity index is 1220. The first-order valence-electron chi connectivity index (χ1n) is 12.8. The Kier molecular flexibility index (Phi) is 7.39. The Balaban J connectivity index is 1.78. The number of likely N-dealkylation sites (tertiary alicyclic amines) is 2. The van der Waals surface area contributed by atoms with Crippen molar-refractivity contribution in [2.75, 3.05) is 19.7 Å². The number of aliphatic hydroxyl groups excluding tert-OH is 1. The van der Waals surface area contributed by atoms with Crippen LogP contribution < -0.4 is 0 Å². The fourth-order valence-electron chi connectivity index (χ4n) is 5.13. The molecule has 37 heavy (non-hydrogen) atoms. The average Bonchev–Trinajstić information content (AvgIpc) is 3.14. The Morgan fingerprint density at radius 2 is 1.76 bits per heavy atom. The molecule has 8 heteroatoms. The van der Waals surface area contributed by atoms with Gasteiger partial charge < -0.3 is 19.6 Å². The van der Waals surface area contributed by atoms with Crippen LogP contribution in [0.4, 0.5) is 4.79 Å². The number of carbonyl (C=O) groups excluding carboxylic acids is 3. The lowest BCUT2D eigenvalue weighted by Crippen LogP contribution is -2.48. The van der Waals surface area contributed by atoms with Crippen molar-refractivity contribution in [3.63, 3.8) is 0 Å². The number of benzene rings is 1. The van der Waals surface area contributed by atoms with E-state index in [0.717, 1.165) is 11.1 Å². The number of ether oxygens (including phenoxy) is 1. The second kappa shape index (κ2) is 10.4. The van der Waals surface area contributed by atoms with Crippen LogP contribution in [0.1, 0.15) is 68.8 Å². The first kappa shape index (κ1) is 26.4. The Morgan fingerprint density at radius 3 is 2.35 bits per heavy atom. The minimum atomic E-state index is -0.750. The molecule has 0 saturated carbocycles. The quantitative estimate of drug-likeness (QED) is 0.366. The summed E-state index contributed by atoms with van der Waals surface area (Å²) in [6.07, 6.45) is 3.87. The molecule has 0 spiro atoms. The van der Waals surface area contributed by atoms with Gasteiger partial charge in [-0.15, -0.1) is 0 Å². The molecule has 1 aromatic carbocycles. The van der Waals surface area contributed by atoms with Crippen LogP contribution in [0.25, 0.3) is 5.76 Å². The van der Waals surface area contributed by atoms with Gasteiger partial charge in [-0.05, 0) is 67.0 Å². The number of hydrogen-bond donors (Lipinski definition) is 1. The van der Waals surface area contributed by atoms with E-state index in [-0.39, 0.29) is 28.9 Å². The highest BCUT2D eigenvalue weighted by Crippen LogP contribution is 2.43. The summed E-state index contributed by atoms with van der Waals surface area (Å²) in [4.78, 5) is 46.5. The summed E-state index contributed by atoms with van der Waals surface area (Å²) in [5, 5.41) is 11.6. The van der Waals surface area contributed by atoms with Crippen LogP contribution in [-0.4, -0.2) is 63.4 Å². The number of aromatic nitrogens is 1. The van der Waals surface area contributed by atoms with Crippen LogP contribution in [0.5, 0.6) is 0 Å². The Labute approximate surface area is 217 Å². The predicted molar refractivity (Wildman–Crippen MR) is 140 cm³/mol. The lowest BCUT2D eigenvalue weighted by atomic mass is 9.84. The third-order valence-corrected chi connectivity index (χ3v) is 7.24. The van der Waals surface area contributed by atoms with Crippen LogP contribution >= 0.6 is 0 Å². The summed E-state index contributed by atoms with van der Waals surface area (Å²) >= 11 is 0. The number of piperidine rings is 1. The number of ketones is 1. The van der Waals surface area contributed by atoms with Crippen LogP contribution in [-0.2, 0) is 19.7 Å². The first-order chi connectivity index (χ1) is 17.5. The largest absolute Gasteiger partial charge is 0.507 e. The molecule has 3 heterocycles. The molecule has 0 radical (unpaired) electrons. The van der Waals surface area contributed by atoms with Crippen LogP contribution in [0.3, 0.4) is 0 Å². The molecule has 1 atom stereocenters. The van der Waals surface area contributed by atoms with E-state index < -0.39 is 17.7 Å². The average molecular weight is 506 g/mol. The molecule has 2 aromatic rings. The number of pyridine rings is 1. The molecule has 2 aliphatic heterocycles. The van der Waals surface area contributed by atoms with Gasteiger partial charge in [-0.1, -0.05) is 32.9 Å². The monoisotopic (exact) mass is 505 g/mol. The number of aryl methyl sites for hydroxylation is 1. The molecule has 1 unspecified atom stereocenters. The molecule has 196 valence electrons. The summed E-state index contributed by atoms with van der Waals surface area (Å²) in [6.45, 7) is 11.0. The minimum absolute atomic E-state index is 0.0816. The van der Waals surface area contributed by atoms with Crippen LogP contribution in [0.2, 0.25) is 0 Å². The maximum Gasteiger partial charge on any atom is 0.409 e. The second-order valence-corrected chi connectivity index (χ2v) is 10.7. The highest BCUT2D eigenvalue weighted by molar-refractivity contribution is 6.46. The van der Waals surface area contributed by atoms with Crippen LogP contribution in [0, 0.1) is 6.92 Å². The highest BCUT2D eigenvalue weighted by Gasteiger charge is 2.49. The lowest BCUT2D eigenvalue weighted by molar-refractivity contribution is -0.142. The maximum absolute atomic E-state index is 13.5. The highest BCUT2D eigenvalue weighted by atomic mass is 16.6. The van der Waals surface area contributed by atoms with Gasteiger partial charge in [0.1, 0.15) is 5.76 Å². The fourth-order valence-corrected chi connectivity index (χ4v) is 5.13. The van der Waals surface area contributed by atoms with Crippen molar-refractivity contribution >= 4 is 23.5 Å². The molecule has 2 saturated heterocycles. The first-order valence-corrected chi connectivity index (χ1v) is 12.8. The molecule has 1 N–H and O–H groups in total. The number of nitrogens with zero attached hydrogens (tertiary/aromatic N) is 3. The van der Waals surface area contributed by atoms with Crippen molar-refractivity contribution in [1.82, 2.24) is 14.8 Å². The van der Waals surface area contributed by atoms with Crippen molar-refractivity contribution in [3.05, 3.63) is 70.6 Å². The van der Waals surface area contributed by atoms with Crippen molar-refractivity contribution in [3.8, 4) is 0 Å². The molecule has 2 aliphatic rings. The minimum Gasteiger partial charge on any atom is -0.507 e. The number of hydrogen-bond acceptors (Lipinski definition) is 6. The van der Waals surface area contributed by atoms with E-state index in [2.05, 4.69) is 25.8 Å². The molecule has 4 rings (SSSR count). The molecular weight excluding hydrogens is 470 g/mol. The van der Waals surface area contributed by atoms with Gasteiger partial charge in [0, 0.05) is 37.1 Å². The van der Waals surface area contributed by atoms with Gasteiger partial charge in [-0.3, -0.25) is 14.6 Å². The van der Waals surface area contributed by atoms with Crippen molar-refractivity contribution in [2.45, 2.75) is 65.0 Å². The SMILES string of the molecule is CCOC(=O)N1CCC(N2C(=O)C(=O)/C(=C(/O)c3cc(C(C)(C)C)ccc3C)C2c2ccncc2)CC1. The van der Waals surface area contributed by atoms with Gasteiger partial charge in [0.15, 0.2) is 0 Å². The smallest absolute Gasteiger partial charge is 0.409 e. The zero-order valence-corrected chi connectivity index (χ0v) is 22.2. The van der Waals surface area contributed by atoms with Gasteiger partial charge in [-0.25, -0.2) is 4.79 Å². The van der Waals surface area contributed by atoms with Crippen LogP contribution in [0.15, 0.2) is 48.3 Å². The molecule has 8 nitrogen and oxygen atoms in total. The summed E-state index contributed by atoms with van der Waals surface area (Å²) in [5.41, 5.74) is 2.99. The van der Waals surface area contributed by atoms with E-state index in [9.17, 15) is 19.5 Å². The van der Waals surface area contributed by atoms with Crippen molar-refractivity contribution in [1.29, 1.82) is 0 Å². The number of amides is 2. The van der Waals surface area contributed by atoms with E-state index in [1.54, 1.807) is 41.2 Å². The van der Waals surface area contributed by atoms with Crippen molar-refractivity contribution < 1.29 is 24.2 Å². The normalized spacial score (nSPS) is 20.4. The second-order valence-electron chi connectivity index (χ2n) is 10.7. The Morgan fingerprint density at radius 1 is 1.11 bits per heavy atom. The van der Waals surface area contributed by atoms with Crippen molar-refractivity contribution in [2.24, 2.45) is 0 Å². The lowest BCUT2D eigenvalue weighted by Gasteiger charge is -2.38. The zero-order chi connectivity index (χ0) is 26.9. The van der Waals surface area contributed by atoms with Gasteiger partial charge in [0.25, 0.3) is 11.7 Å². The predicted octanol–water partition coefficient (Wildman–Crippen LogP) is 4.73. The van der Waals surface area contributed by atoms with E-state index in [0.29, 0.717) is 43.7 Å².